The Kier molecular flexibility index (Phi) is 8.84. The van der Waals surface area contributed by atoms with Crippen LogP contribution < -0.4 is 16.0 Å². The predicted octanol–water partition coefficient (Wildman–Crippen LogP) is 4.53. The molecule has 3 N–H and O–H groups in total. The van der Waals surface area contributed by atoms with E-state index in [0.717, 1.165) is 55.0 Å². The number of carbonyl (C=O) groups excluding carboxylic acids is 1. The van der Waals surface area contributed by atoms with Gasteiger partial charge < -0.3 is 30.3 Å². The van der Waals surface area contributed by atoms with Crippen molar-refractivity contribution in [3.05, 3.63) is 83.7 Å². The quantitative estimate of drug-likeness (QED) is 0.536. The molecule has 0 unspecified atom stereocenters. The molecule has 8 nitrogen and oxygen atoms in total. The highest BCUT2D eigenvalue weighted by Crippen LogP contribution is 2.28. The summed E-state index contributed by atoms with van der Waals surface area (Å²) in [5.41, 5.74) is 5.10. The molecule has 0 radical (unpaired) electrons. The summed E-state index contributed by atoms with van der Waals surface area (Å²) in [7, 11) is 2.06. The van der Waals surface area contributed by atoms with E-state index in [1.807, 2.05) is 39.0 Å². The number of nitrogens with one attached hydrogen (secondary N) is 3. The van der Waals surface area contributed by atoms with Crippen molar-refractivity contribution in [3.8, 4) is 0 Å². The second kappa shape index (κ2) is 12.3. The molecule has 204 valence electrons. The van der Waals surface area contributed by atoms with Gasteiger partial charge in [-0.3, -0.25) is 4.90 Å². The zero-order valence-corrected chi connectivity index (χ0v) is 23.0. The molecule has 2 aliphatic heterocycles. The molecule has 0 saturated carbocycles. The number of amides is 1. The standard InChI is InChI=1S/C30H41N5O3/c1-22-31-20-34(5)28(27(32-21-37-22)24-9-7-6-8-10-24)25-13-11-23(12-14-25)19-35-17-15-26(16-18-35)33-29(36)38-30(2,3)4/h6-14,26,31-32H,1,15-21H2,2-5H3,(H,33,36)/b28-27-. The lowest BCUT2D eigenvalue weighted by molar-refractivity contribution is 0.0477. The summed E-state index contributed by atoms with van der Waals surface area (Å²) in [6.07, 6.45) is 1.51. The van der Waals surface area contributed by atoms with Crippen LogP contribution in [-0.4, -0.2) is 61.1 Å². The lowest BCUT2D eigenvalue weighted by atomic mass is 10.0. The van der Waals surface area contributed by atoms with Gasteiger partial charge >= 0.3 is 6.09 Å². The van der Waals surface area contributed by atoms with Crippen molar-refractivity contribution in [2.75, 3.05) is 33.5 Å². The van der Waals surface area contributed by atoms with Gasteiger partial charge in [-0.05, 0) is 56.9 Å². The number of piperidine rings is 1. The summed E-state index contributed by atoms with van der Waals surface area (Å²) < 4.78 is 11.1. The molecule has 1 fully saturated rings. The van der Waals surface area contributed by atoms with Gasteiger partial charge in [0.2, 0.25) is 0 Å². The Hall–Kier alpha value is -3.65. The van der Waals surface area contributed by atoms with Crippen LogP contribution in [0.4, 0.5) is 4.79 Å². The first-order valence-electron chi connectivity index (χ1n) is 13.3. The number of nitrogens with zero attached hydrogens (tertiary/aromatic N) is 2. The monoisotopic (exact) mass is 519 g/mol. The summed E-state index contributed by atoms with van der Waals surface area (Å²) in [5, 5.41) is 9.72. The zero-order chi connectivity index (χ0) is 27.1. The number of rotatable bonds is 5. The Balaban J connectivity index is 1.43. The van der Waals surface area contributed by atoms with Gasteiger partial charge in [0.05, 0.1) is 18.1 Å². The Bertz CT molecular complexity index is 1120. The van der Waals surface area contributed by atoms with E-state index in [4.69, 9.17) is 9.47 Å². The van der Waals surface area contributed by atoms with Crippen molar-refractivity contribution in [3.63, 3.8) is 0 Å². The van der Waals surface area contributed by atoms with Crippen molar-refractivity contribution in [1.82, 2.24) is 25.8 Å². The Labute approximate surface area is 226 Å². The fraction of sp³-hybridized carbons (Fsp3) is 0.433. The number of hydrogen-bond donors (Lipinski definition) is 3. The molecule has 0 aliphatic carbocycles. The molecular formula is C30H41N5O3. The number of benzene rings is 2. The molecular weight excluding hydrogens is 478 g/mol. The number of hydrogen-bond acceptors (Lipinski definition) is 7. The first kappa shape index (κ1) is 27.4. The van der Waals surface area contributed by atoms with Crippen LogP contribution in [0.25, 0.3) is 11.4 Å². The smallest absolute Gasteiger partial charge is 0.407 e. The SMILES string of the molecule is C=C1NCN(C)/C(c2ccc(CN3CCC(NC(=O)OC(C)(C)C)CC3)cc2)=C(/c2ccccc2)NCO1. The third-order valence-electron chi connectivity index (χ3n) is 6.63. The van der Waals surface area contributed by atoms with Gasteiger partial charge in [0.1, 0.15) is 5.60 Å². The van der Waals surface area contributed by atoms with Crippen LogP contribution in [0.2, 0.25) is 0 Å². The van der Waals surface area contributed by atoms with Crippen molar-refractivity contribution in [2.24, 2.45) is 0 Å². The van der Waals surface area contributed by atoms with E-state index in [1.165, 1.54) is 5.56 Å². The minimum atomic E-state index is -0.478. The maximum Gasteiger partial charge on any atom is 0.407 e. The second-order valence-electron chi connectivity index (χ2n) is 10.9. The Morgan fingerprint density at radius 3 is 2.39 bits per heavy atom. The van der Waals surface area contributed by atoms with Crippen LogP contribution in [0, 0.1) is 0 Å². The van der Waals surface area contributed by atoms with Crippen molar-refractivity contribution in [2.45, 2.75) is 51.8 Å². The number of likely N-dealkylation sites (tertiary alicyclic amines) is 1. The van der Waals surface area contributed by atoms with Crippen LogP contribution >= 0.6 is 0 Å². The van der Waals surface area contributed by atoms with Gasteiger partial charge in [0.15, 0.2) is 12.6 Å². The maximum atomic E-state index is 12.1. The molecule has 0 atom stereocenters. The average molecular weight is 520 g/mol. The number of ether oxygens (including phenoxy) is 2. The van der Waals surface area contributed by atoms with E-state index in [2.05, 4.69) is 75.8 Å². The van der Waals surface area contributed by atoms with E-state index in [9.17, 15) is 4.79 Å². The van der Waals surface area contributed by atoms with E-state index in [0.29, 0.717) is 19.3 Å². The molecule has 1 saturated heterocycles. The molecule has 2 heterocycles. The van der Waals surface area contributed by atoms with Crippen LogP contribution in [0.1, 0.15) is 50.3 Å². The van der Waals surface area contributed by atoms with Gasteiger partial charge in [-0.15, -0.1) is 0 Å². The van der Waals surface area contributed by atoms with Gasteiger partial charge in [-0.1, -0.05) is 54.6 Å². The molecule has 0 aromatic heterocycles. The third-order valence-corrected chi connectivity index (χ3v) is 6.63. The number of carbonyl (C=O) groups is 1. The first-order valence-corrected chi connectivity index (χ1v) is 13.3. The van der Waals surface area contributed by atoms with Crippen molar-refractivity contribution >= 4 is 17.5 Å². The molecule has 4 rings (SSSR count). The van der Waals surface area contributed by atoms with E-state index < -0.39 is 5.60 Å². The topological polar surface area (TPSA) is 78.1 Å². The molecule has 2 aliphatic rings. The summed E-state index contributed by atoms with van der Waals surface area (Å²) in [6.45, 7) is 13.2. The van der Waals surface area contributed by atoms with Crippen molar-refractivity contribution < 1.29 is 14.3 Å². The second-order valence-corrected chi connectivity index (χ2v) is 10.9. The molecule has 2 aromatic carbocycles. The predicted molar refractivity (Wildman–Crippen MR) is 151 cm³/mol. The fourth-order valence-electron chi connectivity index (χ4n) is 4.75. The van der Waals surface area contributed by atoms with Gasteiger partial charge in [0, 0.05) is 32.7 Å². The van der Waals surface area contributed by atoms with Crippen LogP contribution in [0.3, 0.4) is 0 Å². The van der Waals surface area contributed by atoms with E-state index in [-0.39, 0.29) is 12.1 Å². The van der Waals surface area contributed by atoms with Gasteiger partial charge in [-0.25, -0.2) is 4.79 Å². The first-order chi connectivity index (χ1) is 18.2. The van der Waals surface area contributed by atoms with Crippen LogP contribution in [0.5, 0.6) is 0 Å². The molecule has 8 heteroatoms. The minimum absolute atomic E-state index is 0.159. The highest BCUT2D eigenvalue weighted by atomic mass is 16.6. The highest BCUT2D eigenvalue weighted by molar-refractivity contribution is 5.89. The molecule has 2 aromatic rings. The van der Waals surface area contributed by atoms with Crippen LogP contribution in [0.15, 0.2) is 67.1 Å². The zero-order valence-electron chi connectivity index (χ0n) is 23.0. The molecule has 1 amide bonds. The Morgan fingerprint density at radius 1 is 1.05 bits per heavy atom. The number of alkyl carbamates (subject to hydrolysis) is 1. The van der Waals surface area contributed by atoms with Gasteiger partial charge in [0.25, 0.3) is 0 Å². The third kappa shape index (κ3) is 7.68. The highest BCUT2D eigenvalue weighted by Gasteiger charge is 2.24. The van der Waals surface area contributed by atoms with Gasteiger partial charge in [-0.2, -0.15) is 0 Å². The molecule has 0 bridgehead atoms. The summed E-state index contributed by atoms with van der Waals surface area (Å²) in [6, 6.07) is 19.3. The van der Waals surface area contributed by atoms with E-state index in [1.54, 1.807) is 0 Å². The Morgan fingerprint density at radius 2 is 1.74 bits per heavy atom. The molecule has 38 heavy (non-hydrogen) atoms. The normalized spacial score (nSPS) is 19.8. The summed E-state index contributed by atoms with van der Waals surface area (Å²) in [4.78, 5) is 16.7. The average Bonchev–Trinajstić information content (AvgIpc) is 2.95. The van der Waals surface area contributed by atoms with Crippen LogP contribution in [-0.2, 0) is 16.0 Å². The van der Waals surface area contributed by atoms with Crippen molar-refractivity contribution in [1.29, 1.82) is 0 Å². The minimum Gasteiger partial charge on any atom is -0.459 e. The lowest BCUT2D eigenvalue weighted by Gasteiger charge is -2.33. The van der Waals surface area contributed by atoms with E-state index >= 15 is 0 Å². The fourth-order valence-corrected chi connectivity index (χ4v) is 4.75. The summed E-state index contributed by atoms with van der Waals surface area (Å²) >= 11 is 0. The summed E-state index contributed by atoms with van der Waals surface area (Å²) in [5.74, 6) is 0.540. The largest absolute Gasteiger partial charge is 0.459 e. The maximum absolute atomic E-state index is 12.1. The molecule has 0 spiro atoms. The lowest BCUT2D eigenvalue weighted by Crippen LogP contribution is -2.45.